The summed E-state index contributed by atoms with van der Waals surface area (Å²) in [5, 5.41) is 21.5. The average Bonchev–Trinajstić information content (AvgIpc) is 2.66. The van der Waals surface area contributed by atoms with Crippen molar-refractivity contribution in [1.29, 1.82) is 0 Å². The molecule has 0 saturated carbocycles. The van der Waals surface area contributed by atoms with Gasteiger partial charge in [0.2, 0.25) is 0 Å². The van der Waals surface area contributed by atoms with Crippen LogP contribution in [-0.2, 0) is 12.8 Å². The number of phenolic OH excluding ortho intramolecular Hbond substituents is 2. The third-order valence-electron chi connectivity index (χ3n) is 5.27. The monoisotopic (exact) mass is 351 g/mol. The maximum atomic E-state index is 10.8. The number of hydrogen-bond donors (Lipinski definition) is 2. The van der Waals surface area contributed by atoms with Crippen LogP contribution in [0.1, 0.15) is 53.3 Å². The molecule has 0 aromatic heterocycles. The fourth-order valence-corrected chi connectivity index (χ4v) is 3.84. The van der Waals surface area contributed by atoms with E-state index in [0.29, 0.717) is 18.4 Å². The molecule has 0 saturated heterocycles. The van der Waals surface area contributed by atoms with Crippen molar-refractivity contribution in [1.82, 2.24) is 0 Å². The lowest BCUT2D eigenvalue weighted by Gasteiger charge is -2.31. The zero-order chi connectivity index (χ0) is 21.2. The number of benzene rings is 2. The summed E-state index contributed by atoms with van der Waals surface area (Å²) in [5.74, 6) is -0.738. The van der Waals surface area contributed by atoms with Crippen LogP contribution in [-0.4, -0.2) is 10.2 Å². The molecule has 2 aromatic carbocycles. The molecule has 0 bridgehead atoms. The molecule has 2 nitrogen and oxygen atoms in total. The summed E-state index contributed by atoms with van der Waals surface area (Å²) in [5.41, 5.74) is 3.73. The fourth-order valence-electron chi connectivity index (χ4n) is 3.84. The quantitative estimate of drug-likeness (QED) is 0.659. The Morgan fingerprint density at radius 3 is 2.42 bits per heavy atom. The Morgan fingerprint density at radius 1 is 1.12 bits per heavy atom. The molecule has 1 aliphatic carbocycles. The van der Waals surface area contributed by atoms with Gasteiger partial charge in [-0.15, -0.1) is 0 Å². The highest BCUT2D eigenvalue weighted by atomic mass is 16.3. The van der Waals surface area contributed by atoms with Gasteiger partial charge in [0.25, 0.3) is 0 Å². The molecular weight excluding hydrogens is 320 g/mol. The van der Waals surface area contributed by atoms with E-state index in [0.717, 1.165) is 24.0 Å². The molecule has 2 aromatic rings. The normalized spacial score (nSPS) is 22.0. The number of hydrogen-bond acceptors (Lipinski definition) is 2. The molecule has 2 unspecified atom stereocenters. The number of aryl methyl sites for hydroxylation is 2. The third kappa shape index (κ3) is 4.01. The fraction of sp³-hybridized carbons (Fsp3) is 0.333. The molecule has 2 atom stereocenters. The minimum atomic E-state index is -2.26. The lowest BCUT2D eigenvalue weighted by atomic mass is 9.73. The molecule has 0 fully saturated rings. The maximum absolute atomic E-state index is 10.8. The average molecular weight is 352 g/mol. The van der Waals surface area contributed by atoms with Gasteiger partial charge in [-0.1, -0.05) is 54.1 Å². The summed E-state index contributed by atoms with van der Waals surface area (Å²) in [6.45, 7) is 3.56. The van der Waals surface area contributed by atoms with Crippen LogP contribution in [0.15, 0.2) is 66.3 Å². The zero-order valence-corrected chi connectivity index (χ0v) is 15.2. The first-order valence-electron chi connectivity index (χ1n) is 10.6. The molecule has 0 amide bonds. The van der Waals surface area contributed by atoms with Crippen molar-refractivity contribution in [3.05, 3.63) is 83.0 Å². The van der Waals surface area contributed by atoms with Crippen molar-refractivity contribution < 1.29 is 14.3 Å². The standard InChI is InChI=1S/C24H28O2/c1-16(2)20-12-9-17(3)13-21(20)24-22(25)14-19(15-23(24)26)11-10-18-7-5-4-6-8-18/h4-8,13-15,20-21,25-26H,1,9-12H2,2-3H3/i2D3. The highest BCUT2D eigenvalue weighted by Gasteiger charge is 2.30. The van der Waals surface area contributed by atoms with E-state index in [1.807, 2.05) is 31.2 Å². The lowest BCUT2D eigenvalue weighted by Crippen LogP contribution is -2.17. The van der Waals surface area contributed by atoms with Crippen LogP contribution in [0.25, 0.3) is 0 Å². The Kier molecular flexibility index (Phi) is 4.41. The van der Waals surface area contributed by atoms with Gasteiger partial charge in [0.1, 0.15) is 11.5 Å². The molecule has 0 radical (unpaired) electrons. The molecule has 0 spiro atoms. The van der Waals surface area contributed by atoms with E-state index in [1.165, 1.54) is 5.56 Å². The van der Waals surface area contributed by atoms with Crippen LogP contribution >= 0.6 is 0 Å². The second-order valence-electron chi connectivity index (χ2n) is 7.24. The summed E-state index contributed by atoms with van der Waals surface area (Å²) in [7, 11) is 0. The first-order valence-corrected chi connectivity index (χ1v) is 9.12. The van der Waals surface area contributed by atoms with Crippen molar-refractivity contribution >= 4 is 0 Å². The molecular formula is C24H28O2. The van der Waals surface area contributed by atoms with Crippen LogP contribution < -0.4 is 0 Å². The van der Waals surface area contributed by atoms with Gasteiger partial charge in [-0.3, -0.25) is 0 Å². The van der Waals surface area contributed by atoms with E-state index in [2.05, 4.69) is 18.7 Å². The molecule has 3 rings (SSSR count). The van der Waals surface area contributed by atoms with Gasteiger partial charge in [-0.05, 0) is 68.6 Å². The SMILES string of the molecule is [2H]C([2H])([2H])C(=C)C1CCC(C)=CC1c1c(O)cc(CCc2ccccc2)cc1O. The minimum Gasteiger partial charge on any atom is -0.507 e. The van der Waals surface area contributed by atoms with E-state index in [4.69, 9.17) is 4.11 Å². The van der Waals surface area contributed by atoms with Crippen LogP contribution in [0, 0.1) is 5.92 Å². The Balaban J connectivity index is 1.90. The molecule has 0 aliphatic heterocycles. The van der Waals surface area contributed by atoms with Crippen molar-refractivity contribution in [2.24, 2.45) is 5.92 Å². The number of rotatable bonds is 5. The zero-order valence-electron chi connectivity index (χ0n) is 18.2. The van der Waals surface area contributed by atoms with Crippen molar-refractivity contribution in [3.63, 3.8) is 0 Å². The van der Waals surface area contributed by atoms with Crippen LogP contribution in [0.4, 0.5) is 0 Å². The predicted octanol–water partition coefficient (Wildman–Crippen LogP) is 5.90. The van der Waals surface area contributed by atoms with E-state index < -0.39 is 12.8 Å². The topological polar surface area (TPSA) is 40.5 Å². The number of aromatic hydroxyl groups is 2. The lowest BCUT2D eigenvalue weighted by molar-refractivity contribution is 0.406. The number of phenols is 2. The molecule has 2 N–H and O–H groups in total. The molecule has 2 heteroatoms. The Bertz CT molecular complexity index is 890. The van der Waals surface area contributed by atoms with Gasteiger partial charge in [0.15, 0.2) is 0 Å². The summed E-state index contributed by atoms with van der Waals surface area (Å²) >= 11 is 0. The van der Waals surface area contributed by atoms with Gasteiger partial charge in [0.05, 0.1) is 0 Å². The first kappa shape index (κ1) is 14.7. The first-order chi connectivity index (χ1) is 13.7. The summed E-state index contributed by atoms with van der Waals surface area (Å²) in [4.78, 5) is 0. The highest BCUT2D eigenvalue weighted by molar-refractivity contribution is 5.52. The largest absolute Gasteiger partial charge is 0.507 e. The van der Waals surface area contributed by atoms with Gasteiger partial charge >= 0.3 is 0 Å². The number of allylic oxidation sites excluding steroid dienone is 3. The molecule has 26 heavy (non-hydrogen) atoms. The van der Waals surface area contributed by atoms with Crippen LogP contribution in [0.2, 0.25) is 0 Å². The molecule has 0 heterocycles. The van der Waals surface area contributed by atoms with E-state index >= 15 is 0 Å². The Labute approximate surface area is 160 Å². The summed E-state index contributed by atoms with van der Waals surface area (Å²) in [6, 6.07) is 13.4. The summed E-state index contributed by atoms with van der Waals surface area (Å²) < 4.78 is 23.2. The van der Waals surface area contributed by atoms with E-state index in [9.17, 15) is 10.2 Å². The Morgan fingerprint density at radius 2 is 1.77 bits per heavy atom. The second-order valence-corrected chi connectivity index (χ2v) is 7.24. The smallest absolute Gasteiger partial charge is 0.123 e. The molecule has 1 aliphatic rings. The van der Waals surface area contributed by atoms with Gasteiger partial charge < -0.3 is 10.2 Å². The van der Waals surface area contributed by atoms with Crippen LogP contribution in [0.5, 0.6) is 11.5 Å². The minimum absolute atomic E-state index is 0.00681. The van der Waals surface area contributed by atoms with Crippen molar-refractivity contribution in [2.75, 3.05) is 0 Å². The second kappa shape index (κ2) is 7.82. The summed E-state index contributed by atoms with van der Waals surface area (Å²) in [6.07, 6.45) is 4.88. The van der Waals surface area contributed by atoms with Crippen LogP contribution in [0.3, 0.4) is 0 Å². The van der Waals surface area contributed by atoms with Gasteiger partial charge in [0, 0.05) is 15.6 Å². The van der Waals surface area contributed by atoms with Crippen molar-refractivity contribution in [3.8, 4) is 11.5 Å². The van der Waals surface area contributed by atoms with Gasteiger partial charge in [-0.2, -0.15) is 0 Å². The Hall–Kier alpha value is -2.48. The molecule has 136 valence electrons. The third-order valence-corrected chi connectivity index (χ3v) is 5.27. The maximum Gasteiger partial charge on any atom is 0.123 e. The van der Waals surface area contributed by atoms with E-state index in [-0.39, 0.29) is 23.0 Å². The van der Waals surface area contributed by atoms with Crippen molar-refractivity contribution in [2.45, 2.75) is 45.4 Å². The van der Waals surface area contributed by atoms with E-state index in [1.54, 1.807) is 12.1 Å². The van der Waals surface area contributed by atoms with Gasteiger partial charge in [-0.25, -0.2) is 0 Å². The predicted molar refractivity (Wildman–Crippen MR) is 108 cm³/mol. The highest BCUT2D eigenvalue weighted by Crippen LogP contribution is 2.46.